The standard InChI is InChI=1S/C41H53N3O8/c1-41(2,3)52-39(48)35-14-9-21-44(35)26-34-24-36(30-19-17-28(27-45)18-20-30)51-40(50-34)33-13-8-12-32(23-33)31-11-7-10-29(22-31)25-42-37(46)15-5-4-6-16-38(47)43-49/h7-8,10-13,17-20,22-23,34-36,40,45,49H,4-6,9,14-16,21,24-27H2,1-3H3,(H,42,46)(H,43,47)/t34-,35-,36+,40+/m0/s1. The number of benzene rings is 3. The van der Waals surface area contributed by atoms with Gasteiger partial charge in [-0.25, -0.2) is 5.48 Å². The van der Waals surface area contributed by atoms with Crippen molar-refractivity contribution in [1.82, 2.24) is 15.7 Å². The van der Waals surface area contributed by atoms with Gasteiger partial charge in [-0.2, -0.15) is 0 Å². The van der Waals surface area contributed by atoms with E-state index < -0.39 is 17.8 Å². The van der Waals surface area contributed by atoms with Crippen molar-refractivity contribution in [3.8, 4) is 11.1 Å². The number of hydrogen-bond acceptors (Lipinski definition) is 9. The maximum absolute atomic E-state index is 13.1. The zero-order valence-corrected chi connectivity index (χ0v) is 30.5. The van der Waals surface area contributed by atoms with Gasteiger partial charge >= 0.3 is 5.97 Å². The third kappa shape index (κ3) is 11.4. The highest BCUT2D eigenvalue weighted by Gasteiger charge is 2.39. The monoisotopic (exact) mass is 715 g/mol. The molecule has 11 heteroatoms. The van der Waals surface area contributed by atoms with Crippen LogP contribution in [0.5, 0.6) is 0 Å². The van der Waals surface area contributed by atoms with Crippen LogP contribution in [0, 0.1) is 0 Å². The summed E-state index contributed by atoms with van der Waals surface area (Å²) in [4.78, 5) is 38.9. The molecule has 4 atom stereocenters. The number of hydrogen-bond donors (Lipinski definition) is 4. The van der Waals surface area contributed by atoms with Gasteiger partial charge in [-0.3, -0.25) is 24.5 Å². The van der Waals surface area contributed by atoms with Gasteiger partial charge in [0, 0.05) is 37.9 Å². The summed E-state index contributed by atoms with van der Waals surface area (Å²) in [6, 6.07) is 23.7. The minimum absolute atomic E-state index is 0.0312. The van der Waals surface area contributed by atoms with Gasteiger partial charge < -0.3 is 24.6 Å². The lowest BCUT2D eigenvalue weighted by molar-refractivity contribution is -0.253. The zero-order valence-electron chi connectivity index (χ0n) is 30.5. The van der Waals surface area contributed by atoms with E-state index in [1.54, 1.807) is 5.48 Å². The van der Waals surface area contributed by atoms with E-state index in [0.29, 0.717) is 38.8 Å². The Morgan fingerprint density at radius 2 is 1.58 bits per heavy atom. The number of hydroxylamine groups is 1. The number of carbonyl (C=O) groups excluding carboxylic acids is 3. The Hall–Kier alpha value is -4.13. The molecule has 0 aliphatic carbocycles. The summed E-state index contributed by atoms with van der Waals surface area (Å²) < 4.78 is 19.1. The quantitative estimate of drug-likeness (QED) is 0.0619. The number of unbranched alkanes of at least 4 members (excludes halogenated alkanes) is 2. The van der Waals surface area contributed by atoms with Gasteiger partial charge in [0.15, 0.2) is 6.29 Å². The minimum Gasteiger partial charge on any atom is -0.459 e. The lowest BCUT2D eigenvalue weighted by Gasteiger charge is -2.38. The lowest BCUT2D eigenvalue weighted by atomic mass is 9.98. The van der Waals surface area contributed by atoms with Gasteiger partial charge in [0.25, 0.3) is 0 Å². The first-order valence-electron chi connectivity index (χ1n) is 18.4. The third-order valence-electron chi connectivity index (χ3n) is 9.44. The third-order valence-corrected chi connectivity index (χ3v) is 9.44. The van der Waals surface area contributed by atoms with Crippen molar-refractivity contribution in [2.24, 2.45) is 0 Å². The summed E-state index contributed by atoms with van der Waals surface area (Å²) in [5.74, 6) is -0.659. The SMILES string of the molecule is CC(C)(C)OC(=O)[C@@H]1CCCN1C[C@@H]1C[C@H](c2ccc(CO)cc2)O[C@H](c2cccc(-c3cccc(CNC(=O)CCCCCC(=O)NO)c3)c2)O1. The molecule has 0 bridgehead atoms. The first-order chi connectivity index (χ1) is 25.0. The first kappa shape index (κ1) is 39.1. The van der Waals surface area contributed by atoms with Crippen molar-refractivity contribution in [1.29, 1.82) is 0 Å². The number of nitrogens with one attached hydrogen (secondary N) is 2. The number of carbonyl (C=O) groups is 3. The predicted octanol–water partition coefficient (Wildman–Crippen LogP) is 6.27. The molecule has 11 nitrogen and oxygen atoms in total. The molecule has 4 N–H and O–H groups in total. The van der Waals surface area contributed by atoms with Gasteiger partial charge in [-0.1, -0.05) is 67.1 Å². The fourth-order valence-electron chi connectivity index (χ4n) is 6.79. The Labute approximate surface area is 306 Å². The minimum atomic E-state index is -0.649. The summed E-state index contributed by atoms with van der Waals surface area (Å²) in [6.45, 7) is 7.41. The fourth-order valence-corrected chi connectivity index (χ4v) is 6.79. The number of aliphatic hydroxyl groups is 1. The topological polar surface area (TPSA) is 147 Å². The zero-order chi connectivity index (χ0) is 37.1. The number of amides is 2. The largest absolute Gasteiger partial charge is 0.459 e. The summed E-state index contributed by atoms with van der Waals surface area (Å²) in [5.41, 5.74) is 6.73. The van der Waals surface area contributed by atoms with Crippen molar-refractivity contribution < 1.29 is 38.9 Å². The predicted molar refractivity (Wildman–Crippen MR) is 196 cm³/mol. The highest BCUT2D eigenvalue weighted by Crippen LogP contribution is 2.39. The van der Waals surface area contributed by atoms with Crippen molar-refractivity contribution in [3.05, 3.63) is 95.1 Å². The Morgan fingerprint density at radius 1 is 0.865 bits per heavy atom. The molecule has 0 unspecified atom stereocenters. The molecule has 2 fully saturated rings. The molecule has 3 aromatic carbocycles. The van der Waals surface area contributed by atoms with Gasteiger partial charge in [0.05, 0.1) is 18.8 Å². The van der Waals surface area contributed by atoms with E-state index in [1.165, 1.54) is 0 Å². The Morgan fingerprint density at radius 3 is 2.29 bits per heavy atom. The van der Waals surface area contributed by atoms with E-state index in [1.807, 2.05) is 81.4 Å². The van der Waals surface area contributed by atoms with Crippen molar-refractivity contribution in [2.75, 3.05) is 13.1 Å². The van der Waals surface area contributed by atoms with E-state index in [4.69, 9.17) is 19.4 Å². The van der Waals surface area contributed by atoms with Crippen LogP contribution in [0.25, 0.3) is 11.1 Å². The van der Waals surface area contributed by atoms with Crippen LogP contribution < -0.4 is 10.8 Å². The molecule has 2 aliphatic rings. The van der Waals surface area contributed by atoms with E-state index in [-0.39, 0.29) is 43.2 Å². The van der Waals surface area contributed by atoms with E-state index in [2.05, 4.69) is 22.3 Å². The summed E-state index contributed by atoms with van der Waals surface area (Å²) in [5, 5.41) is 21.2. The van der Waals surface area contributed by atoms with E-state index in [9.17, 15) is 19.5 Å². The second kappa shape index (κ2) is 18.6. The molecule has 0 aromatic heterocycles. The second-order valence-electron chi connectivity index (χ2n) is 14.7. The average molecular weight is 716 g/mol. The lowest BCUT2D eigenvalue weighted by Crippen LogP contribution is -2.45. The van der Waals surface area contributed by atoms with Gasteiger partial charge in [-0.15, -0.1) is 0 Å². The maximum atomic E-state index is 13.1. The van der Waals surface area contributed by atoms with Crippen LogP contribution in [-0.2, 0) is 41.7 Å². The van der Waals surface area contributed by atoms with Gasteiger partial charge in [-0.05, 0) is 92.9 Å². The van der Waals surface area contributed by atoms with Crippen LogP contribution in [0.15, 0.2) is 72.8 Å². The molecule has 0 spiro atoms. The summed E-state index contributed by atoms with van der Waals surface area (Å²) >= 11 is 0. The van der Waals surface area contributed by atoms with E-state index >= 15 is 0 Å². The number of aliphatic hydroxyl groups excluding tert-OH is 1. The van der Waals surface area contributed by atoms with Crippen LogP contribution in [-0.4, -0.2) is 63.8 Å². The molecule has 5 rings (SSSR count). The molecule has 2 heterocycles. The summed E-state index contributed by atoms with van der Waals surface area (Å²) in [6.07, 6.45) is 3.79. The van der Waals surface area contributed by atoms with Crippen LogP contribution >= 0.6 is 0 Å². The molecule has 280 valence electrons. The molecule has 2 saturated heterocycles. The molecular weight excluding hydrogens is 662 g/mol. The molecule has 3 aromatic rings. The molecule has 0 saturated carbocycles. The summed E-state index contributed by atoms with van der Waals surface area (Å²) in [7, 11) is 0. The highest BCUT2D eigenvalue weighted by molar-refractivity contribution is 5.77. The molecule has 52 heavy (non-hydrogen) atoms. The smallest absolute Gasteiger partial charge is 0.323 e. The Kier molecular flexibility index (Phi) is 14.0. The van der Waals surface area contributed by atoms with Gasteiger partial charge in [0.2, 0.25) is 11.8 Å². The van der Waals surface area contributed by atoms with Crippen LogP contribution in [0.4, 0.5) is 0 Å². The molecule has 2 amide bonds. The van der Waals surface area contributed by atoms with Crippen LogP contribution in [0.1, 0.15) is 107 Å². The van der Waals surface area contributed by atoms with Crippen molar-refractivity contribution >= 4 is 17.8 Å². The number of esters is 1. The Bertz CT molecular complexity index is 1640. The number of likely N-dealkylation sites (tertiary alicyclic amines) is 1. The number of ether oxygens (including phenoxy) is 3. The molecule has 2 aliphatic heterocycles. The maximum Gasteiger partial charge on any atom is 0.323 e. The second-order valence-corrected chi connectivity index (χ2v) is 14.7. The normalized spacial score (nSPS) is 20.7. The molecule has 0 radical (unpaired) electrons. The van der Waals surface area contributed by atoms with Crippen molar-refractivity contribution in [2.45, 2.75) is 115 Å². The number of nitrogens with zero attached hydrogens (tertiary/aromatic N) is 1. The molecular formula is C41H53N3O8. The Balaban J connectivity index is 1.27. The first-order valence-corrected chi connectivity index (χ1v) is 18.4. The van der Waals surface area contributed by atoms with Gasteiger partial charge in [0.1, 0.15) is 11.6 Å². The number of rotatable bonds is 15. The fraction of sp³-hybridized carbons (Fsp3) is 0.488. The van der Waals surface area contributed by atoms with Crippen molar-refractivity contribution in [3.63, 3.8) is 0 Å². The highest BCUT2D eigenvalue weighted by atomic mass is 16.7. The van der Waals surface area contributed by atoms with Crippen LogP contribution in [0.2, 0.25) is 0 Å². The van der Waals surface area contributed by atoms with E-state index in [0.717, 1.165) is 59.2 Å². The average Bonchev–Trinajstić information content (AvgIpc) is 3.61. The van der Waals surface area contributed by atoms with Crippen LogP contribution in [0.3, 0.4) is 0 Å².